The molecular formula is C12H15ClO4S. The highest BCUT2D eigenvalue weighted by Gasteiger charge is 2.09. The van der Waals surface area contributed by atoms with Crippen molar-refractivity contribution >= 4 is 27.2 Å². The van der Waals surface area contributed by atoms with Crippen molar-refractivity contribution in [2.45, 2.75) is 13.8 Å². The minimum atomic E-state index is -3.05. The van der Waals surface area contributed by atoms with E-state index in [-0.39, 0.29) is 23.9 Å². The minimum Gasteiger partial charge on any atom is -0.491 e. The third-order valence-corrected chi connectivity index (χ3v) is 4.39. The smallest absolute Gasteiger partial charge is 0.159 e. The first kappa shape index (κ1) is 15.0. The Morgan fingerprint density at radius 3 is 2.56 bits per heavy atom. The summed E-state index contributed by atoms with van der Waals surface area (Å²) >= 11 is 5.93. The van der Waals surface area contributed by atoms with Crippen molar-refractivity contribution in [1.82, 2.24) is 0 Å². The molecule has 0 unspecified atom stereocenters. The van der Waals surface area contributed by atoms with Crippen LogP contribution in [0.3, 0.4) is 0 Å². The Labute approximate surface area is 112 Å². The Balaban J connectivity index is 2.67. The lowest BCUT2D eigenvalue weighted by molar-refractivity contribution is 0.101. The molecule has 1 rings (SSSR count). The molecule has 0 aliphatic heterocycles. The zero-order valence-corrected chi connectivity index (χ0v) is 11.8. The standard InChI is InChI=1S/C12H15ClO4S/c1-3-18(15,16)7-6-17-12-5-4-10(9(2)14)8-11(12)13/h4-5,8H,3,6-7H2,1-2H3. The monoisotopic (exact) mass is 290 g/mol. The van der Waals surface area contributed by atoms with E-state index in [2.05, 4.69) is 0 Å². The Hall–Kier alpha value is -1.07. The molecule has 0 spiro atoms. The molecule has 0 bridgehead atoms. The molecule has 0 atom stereocenters. The quantitative estimate of drug-likeness (QED) is 0.755. The minimum absolute atomic E-state index is 0.0473. The summed E-state index contributed by atoms with van der Waals surface area (Å²) in [6, 6.07) is 4.67. The van der Waals surface area contributed by atoms with Gasteiger partial charge in [-0.05, 0) is 25.1 Å². The number of hydrogen-bond donors (Lipinski definition) is 0. The van der Waals surface area contributed by atoms with E-state index >= 15 is 0 Å². The largest absolute Gasteiger partial charge is 0.491 e. The van der Waals surface area contributed by atoms with Crippen LogP contribution in [0.2, 0.25) is 5.02 Å². The lowest BCUT2D eigenvalue weighted by Gasteiger charge is -2.08. The van der Waals surface area contributed by atoms with Crippen LogP contribution in [0.1, 0.15) is 24.2 Å². The van der Waals surface area contributed by atoms with E-state index in [9.17, 15) is 13.2 Å². The van der Waals surface area contributed by atoms with Crippen molar-refractivity contribution in [3.8, 4) is 5.75 Å². The normalized spacial score (nSPS) is 11.3. The molecule has 0 saturated heterocycles. The van der Waals surface area contributed by atoms with Crippen molar-refractivity contribution in [2.24, 2.45) is 0 Å². The summed E-state index contributed by atoms with van der Waals surface area (Å²) in [6.45, 7) is 3.08. The summed E-state index contributed by atoms with van der Waals surface area (Å²) in [7, 11) is -3.05. The van der Waals surface area contributed by atoms with Crippen molar-refractivity contribution in [3.63, 3.8) is 0 Å². The van der Waals surface area contributed by atoms with Crippen LogP contribution in [-0.4, -0.2) is 32.3 Å². The molecular weight excluding hydrogens is 276 g/mol. The summed E-state index contributed by atoms with van der Waals surface area (Å²) in [5.41, 5.74) is 0.494. The highest BCUT2D eigenvalue weighted by Crippen LogP contribution is 2.25. The summed E-state index contributed by atoms with van der Waals surface area (Å²) in [4.78, 5) is 11.1. The van der Waals surface area contributed by atoms with Crippen molar-refractivity contribution in [1.29, 1.82) is 0 Å². The number of rotatable bonds is 6. The fourth-order valence-electron chi connectivity index (χ4n) is 1.26. The summed E-state index contributed by atoms with van der Waals surface area (Å²) in [5, 5.41) is 0.302. The molecule has 0 radical (unpaired) electrons. The molecule has 0 saturated carbocycles. The van der Waals surface area contributed by atoms with Gasteiger partial charge in [-0.1, -0.05) is 18.5 Å². The second-order valence-electron chi connectivity index (χ2n) is 3.79. The molecule has 0 heterocycles. The van der Waals surface area contributed by atoms with E-state index in [0.717, 1.165) is 0 Å². The first-order valence-electron chi connectivity index (χ1n) is 5.49. The van der Waals surface area contributed by atoms with Crippen LogP contribution in [0.5, 0.6) is 5.75 Å². The van der Waals surface area contributed by atoms with E-state index < -0.39 is 9.84 Å². The second kappa shape index (κ2) is 6.20. The lowest BCUT2D eigenvalue weighted by atomic mass is 10.1. The third-order valence-electron chi connectivity index (χ3n) is 2.43. The highest BCUT2D eigenvalue weighted by molar-refractivity contribution is 7.91. The third kappa shape index (κ3) is 4.31. The van der Waals surface area contributed by atoms with Crippen LogP contribution >= 0.6 is 11.6 Å². The van der Waals surface area contributed by atoms with Gasteiger partial charge in [-0.2, -0.15) is 0 Å². The lowest BCUT2D eigenvalue weighted by Crippen LogP contribution is -2.15. The van der Waals surface area contributed by atoms with Crippen LogP contribution in [0, 0.1) is 0 Å². The van der Waals surface area contributed by atoms with Crippen LogP contribution in [0.4, 0.5) is 0 Å². The number of halogens is 1. The molecule has 1 aromatic carbocycles. The van der Waals surface area contributed by atoms with Crippen molar-refractivity contribution in [3.05, 3.63) is 28.8 Å². The molecule has 4 nitrogen and oxygen atoms in total. The van der Waals surface area contributed by atoms with Gasteiger partial charge in [0.05, 0.1) is 10.8 Å². The topological polar surface area (TPSA) is 60.4 Å². The van der Waals surface area contributed by atoms with Crippen molar-refractivity contribution in [2.75, 3.05) is 18.1 Å². The van der Waals surface area contributed by atoms with E-state index in [1.54, 1.807) is 19.1 Å². The van der Waals surface area contributed by atoms with Gasteiger partial charge in [0, 0.05) is 11.3 Å². The Morgan fingerprint density at radius 1 is 1.39 bits per heavy atom. The number of ketones is 1. The van der Waals surface area contributed by atoms with Gasteiger partial charge in [-0.25, -0.2) is 8.42 Å². The first-order valence-corrected chi connectivity index (χ1v) is 7.69. The predicted octanol–water partition coefficient (Wildman–Crippen LogP) is 2.36. The van der Waals surface area contributed by atoms with Gasteiger partial charge in [0.1, 0.15) is 12.4 Å². The zero-order valence-electron chi connectivity index (χ0n) is 10.3. The van der Waals surface area contributed by atoms with Crippen LogP contribution < -0.4 is 4.74 Å². The Bertz CT molecular complexity index is 537. The first-order chi connectivity index (χ1) is 8.35. The molecule has 0 aliphatic rings. The highest BCUT2D eigenvalue weighted by atomic mass is 35.5. The fraction of sp³-hybridized carbons (Fsp3) is 0.417. The predicted molar refractivity (Wildman–Crippen MR) is 71.3 cm³/mol. The molecule has 100 valence electrons. The molecule has 1 aromatic rings. The number of benzene rings is 1. The maximum absolute atomic E-state index is 11.3. The number of hydrogen-bond acceptors (Lipinski definition) is 4. The van der Waals surface area contributed by atoms with Crippen LogP contribution in [0.25, 0.3) is 0 Å². The maximum atomic E-state index is 11.3. The number of carbonyl (C=O) groups excluding carboxylic acids is 1. The second-order valence-corrected chi connectivity index (χ2v) is 6.67. The van der Waals surface area contributed by atoms with Gasteiger partial charge in [-0.15, -0.1) is 0 Å². The molecule has 0 aromatic heterocycles. The zero-order chi connectivity index (χ0) is 13.8. The van der Waals surface area contributed by atoms with Gasteiger partial charge in [0.2, 0.25) is 0 Å². The van der Waals surface area contributed by atoms with Gasteiger partial charge >= 0.3 is 0 Å². The van der Waals surface area contributed by atoms with Crippen LogP contribution in [-0.2, 0) is 9.84 Å². The van der Waals surface area contributed by atoms with Gasteiger partial charge < -0.3 is 4.74 Å². The van der Waals surface area contributed by atoms with Gasteiger partial charge in [0.15, 0.2) is 15.6 Å². The molecule has 0 aliphatic carbocycles. The molecule has 0 amide bonds. The van der Waals surface area contributed by atoms with E-state index in [4.69, 9.17) is 16.3 Å². The van der Waals surface area contributed by atoms with E-state index in [1.807, 2.05) is 0 Å². The number of sulfone groups is 1. The molecule has 18 heavy (non-hydrogen) atoms. The average molecular weight is 291 g/mol. The van der Waals surface area contributed by atoms with Crippen molar-refractivity contribution < 1.29 is 17.9 Å². The Kier molecular flexibility index (Phi) is 5.16. The summed E-state index contributed by atoms with van der Waals surface area (Å²) < 4.78 is 27.8. The van der Waals surface area contributed by atoms with Gasteiger partial charge in [-0.3, -0.25) is 4.79 Å². The Morgan fingerprint density at radius 2 is 2.06 bits per heavy atom. The van der Waals surface area contributed by atoms with E-state index in [1.165, 1.54) is 13.0 Å². The van der Waals surface area contributed by atoms with Gasteiger partial charge in [0.25, 0.3) is 0 Å². The number of ether oxygens (including phenoxy) is 1. The number of carbonyl (C=O) groups is 1. The molecule has 0 N–H and O–H groups in total. The number of Topliss-reactive ketones (excluding diaryl/α,β-unsaturated/α-hetero) is 1. The maximum Gasteiger partial charge on any atom is 0.159 e. The fourth-order valence-corrected chi connectivity index (χ4v) is 2.12. The summed E-state index contributed by atoms with van der Waals surface area (Å²) in [5.74, 6) is 0.340. The molecule has 0 fully saturated rings. The molecule has 6 heteroatoms. The average Bonchev–Trinajstić information content (AvgIpc) is 2.31. The SMILES string of the molecule is CCS(=O)(=O)CCOc1ccc(C(C)=O)cc1Cl. The van der Waals surface area contributed by atoms with Crippen LogP contribution in [0.15, 0.2) is 18.2 Å². The van der Waals surface area contributed by atoms with E-state index in [0.29, 0.717) is 16.3 Å². The summed E-state index contributed by atoms with van der Waals surface area (Å²) in [6.07, 6.45) is 0.